The number of esters is 1. The molecule has 0 fully saturated rings. The summed E-state index contributed by atoms with van der Waals surface area (Å²) in [6.45, 7) is 4.00. The van der Waals surface area contributed by atoms with Crippen molar-refractivity contribution in [3.8, 4) is 11.5 Å². The Morgan fingerprint density at radius 2 is 1.83 bits per heavy atom. The van der Waals surface area contributed by atoms with Gasteiger partial charge in [0.15, 0.2) is 5.75 Å². The molecule has 0 radical (unpaired) electrons. The van der Waals surface area contributed by atoms with Gasteiger partial charge in [0.25, 0.3) is 0 Å². The molecule has 7 heteroatoms. The molecule has 0 saturated carbocycles. The Morgan fingerprint density at radius 1 is 1.07 bits per heavy atom. The number of carbonyl (C=O) groups is 1. The van der Waals surface area contributed by atoms with E-state index < -0.39 is 0 Å². The Labute approximate surface area is 172 Å². The molecule has 0 aliphatic carbocycles. The van der Waals surface area contributed by atoms with E-state index in [-0.39, 0.29) is 5.97 Å². The van der Waals surface area contributed by atoms with Gasteiger partial charge in [0.1, 0.15) is 27.6 Å². The van der Waals surface area contributed by atoms with Crippen LogP contribution in [0.5, 0.6) is 11.5 Å². The third-order valence-corrected chi connectivity index (χ3v) is 5.48. The first kappa shape index (κ1) is 18.9. The smallest absolute Gasteiger partial charge is 0.348 e. The molecule has 0 atom stereocenters. The van der Waals surface area contributed by atoms with E-state index in [9.17, 15) is 4.79 Å². The van der Waals surface area contributed by atoms with Crippen LogP contribution < -0.4 is 10.1 Å². The number of thiophene rings is 1. The van der Waals surface area contributed by atoms with Gasteiger partial charge in [0.05, 0.1) is 17.7 Å². The van der Waals surface area contributed by atoms with Gasteiger partial charge in [0, 0.05) is 0 Å². The number of benzene rings is 2. The predicted octanol–water partition coefficient (Wildman–Crippen LogP) is 5.71. The molecule has 0 saturated heterocycles. The van der Waals surface area contributed by atoms with Crippen molar-refractivity contribution in [1.29, 1.82) is 0 Å². The summed E-state index contributed by atoms with van der Waals surface area (Å²) in [4.78, 5) is 22.3. The van der Waals surface area contributed by atoms with Gasteiger partial charge in [-0.15, -0.1) is 11.3 Å². The van der Waals surface area contributed by atoms with E-state index in [1.165, 1.54) is 17.7 Å². The SMILES string of the molecule is CCOC(=O)c1sc2ncnc(Nc3ccccc3Oc3ccccc3)c2c1C. The lowest BCUT2D eigenvalue weighted by molar-refractivity contribution is 0.0531. The fourth-order valence-corrected chi connectivity index (χ4v) is 4.00. The van der Waals surface area contributed by atoms with Gasteiger partial charge in [-0.1, -0.05) is 30.3 Å². The average molecular weight is 405 g/mol. The molecular formula is C22H19N3O3S. The summed E-state index contributed by atoms with van der Waals surface area (Å²) < 4.78 is 11.2. The van der Waals surface area contributed by atoms with Crippen LogP contribution in [0.3, 0.4) is 0 Å². The Hall–Kier alpha value is -3.45. The minimum Gasteiger partial charge on any atom is -0.462 e. The summed E-state index contributed by atoms with van der Waals surface area (Å²) in [5, 5.41) is 4.14. The van der Waals surface area contributed by atoms with Crippen molar-refractivity contribution in [2.24, 2.45) is 0 Å². The molecule has 2 aromatic heterocycles. The molecule has 0 spiro atoms. The van der Waals surface area contributed by atoms with Crippen LogP contribution in [-0.4, -0.2) is 22.5 Å². The van der Waals surface area contributed by atoms with Gasteiger partial charge in [-0.3, -0.25) is 0 Å². The number of aromatic nitrogens is 2. The highest BCUT2D eigenvalue weighted by atomic mass is 32.1. The van der Waals surface area contributed by atoms with E-state index in [4.69, 9.17) is 9.47 Å². The number of anilines is 2. The fourth-order valence-electron chi connectivity index (χ4n) is 2.96. The molecule has 0 amide bonds. The molecule has 0 aliphatic heterocycles. The molecule has 0 bridgehead atoms. The van der Waals surface area contributed by atoms with Gasteiger partial charge in [-0.2, -0.15) is 0 Å². The highest BCUT2D eigenvalue weighted by Crippen LogP contribution is 2.37. The van der Waals surface area contributed by atoms with Gasteiger partial charge in [-0.05, 0) is 43.7 Å². The van der Waals surface area contributed by atoms with Gasteiger partial charge in [0.2, 0.25) is 0 Å². The highest BCUT2D eigenvalue weighted by Gasteiger charge is 2.20. The number of nitrogens with one attached hydrogen (secondary N) is 1. The Kier molecular flexibility index (Phi) is 5.39. The van der Waals surface area contributed by atoms with Crippen LogP contribution >= 0.6 is 11.3 Å². The molecule has 2 heterocycles. The molecule has 4 rings (SSSR count). The van der Waals surface area contributed by atoms with Crippen molar-refractivity contribution in [3.63, 3.8) is 0 Å². The number of carbonyl (C=O) groups excluding carboxylic acids is 1. The van der Waals surface area contributed by atoms with Crippen molar-refractivity contribution in [3.05, 3.63) is 71.4 Å². The minimum atomic E-state index is -0.341. The van der Waals surface area contributed by atoms with Crippen LogP contribution in [0.1, 0.15) is 22.2 Å². The largest absolute Gasteiger partial charge is 0.462 e. The van der Waals surface area contributed by atoms with Crippen molar-refractivity contribution in [1.82, 2.24) is 9.97 Å². The Balaban J connectivity index is 1.71. The quantitative estimate of drug-likeness (QED) is 0.414. The number of nitrogens with zero attached hydrogens (tertiary/aromatic N) is 2. The zero-order valence-electron chi connectivity index (χ0n) is 16.0. The van der Waals surface area contributed by atoms with Gasteiger partial charge in [-0.25, -0.2) is 14.8 Å². The second kappa shape index (κ2) is 8.28. The molecule has 2 aromatic carbocycles. The maximum Gasteiger partial charge on any atom is 0.348 e. The van der Waals surface area contributed by atoms with Gasteiger partial charge < -0.3 is 14.8 Å². The number of rotatable bonds is 6. The lowest BCUT2D eigenvalue weighted by atomic mass is 10.2. The number of para-hydroxylation sites is 3. The van der Waals surface area contributed by atoms with E-state index in [0.717, 1.165) is 27.2 Å². The number of ether oxygens (including phenoxy) is 2. The van der Waals surface area contributed by atoms with Crippen LogP contribution in [-0.2, 0) is 4.74 Å². The lowest BCUT2D eigenvalue weighted by Gasteiger charge is -2.13. The maximum absolute atomic E-state index is 12.3. The Morgan fingerprint density at radius 3 is 2.62 bits per heavy atom. The summed E-state index contributed by atoms with van der Waals surface area (Å²) in [7, 11) is 0. The van der Waals surface area contributed by atoms with E-state index >= 15 is 0 Å². The standard InChI is InChI=1S/C22H19N3O3S/c1-3-27-22(26)19-14(2)18-20(23-13-24-21(18)29-19)25-16-11-7-8-12-17(16)28-15-9-5-4-6-10-15/h4-13H,3H2,1-2H3,(H,23,24,25). The third-order valence-electron chi connectivity index (χ3n) is 4.30. The number of fused-ring (bicyclic) bond motifs is 1. The van der Waals surface area contributed by atoms with Crippen molar-refractivity contribution in [2.75, 3.05) is 11.9 Å². The molecule has 0 aliphatic rings. The minimum absolute atomic E-state index is 0.327. The van der Waals surface area contributed by atoms with E-state index in [1.807, 2.05) is 61.5 Å². The van der Waals surface area contributed by atoms with E-state index in [1.54, 1.807) is 6.92 Å². The molecule has 146 valence electrons. The monoisotopic (exact) mass is 405 g/mol. The Bertz CT molecular complexity index is 1160. The fraction of sp³-hybridized carbons (Fsp3) is 0.136. The van der Waals surface area contributed by atoms with Gasteiger partial charge >= 0.3 is 5.97 Å². The third kappa shape index (κ3) is 3.90. The normalized spacial score (nSPS) is 10.7. The van der Waals surface area contributed by atoms with Crippen LogP contribution in [0.15, 0.2) is 60.9 Å². The summed E-state index contributed by atoms with van der Waals surface area (Å²) >= 11 is 1.31. The summed E-state index contributed by atoms with van der Waals surface area (Å²) in [5.41, 5.74) is 1.56. The second-order valence-electron chi connectivity index (χ2n) is 6.22. The molecular weight excluding hydrogens is 386 g/mol. The van der Waals surface area contributed by atoms with Crippen molar-refractivity contribution >= 4 is 39.0 Å². The topological polar surface area (TPSA) is 73.3 Å². The van der Waals surface area contributed by atoms with Crippen LogP contribution in [0.25, 0.3) is 10.2 Å². The number of hydrogen-bond donors (Lipinski definition) is 1. The average Bonchev–Trinajstić information content (AvgIpc) is 3.08. The first-order valence-electron chi connectivity index (χ1n) is 9.17. The molecule has 29 heavy (non-hydrogen) atoms. The molecule has 0 unspecified atom stereocenters. The van der Waals surface area contributed by atoms with E-state index in [2.05, 4.69) is 15.3 Å². The highest BCUT2D eigenvalue weighted by molar-refractivity contribution is 7.20. The van der Waals surface area contributed by atoms with Crippen LogP contribution in [0.4, 0.5) is 11.5 Å². The zero-order chi connectivity index (χ0) is 20.2. The molecule has 4 aromatic rings. The summed E-state index contributed by atoms with van der Waals surface area (Å²) in [6, 6.07) is 17.2. The van der Waals surface area contributed by atoms with Crippen LogP contribution in [0.2, 0.25) is 0 Å². The van der Waals surface area contributed by atoms with Crippen molar-refractivity contribution < 1.29 is 14.3 Å². The molecule has 6 nitrogen and oxygen atoms in total. The van der Waals surface area contributed by atoms with Crippen LogP contribution in [0, 0.1) is 6.92 Å². The second-order valence-corrected chi connectivity index (χ2v) is 7.21. The van der Waals surface area contributed by atoms with Crippen molar-refractivity contribution in [2.45, 2.75) is 13.8 Å². The first-order valence-corrected chi connectivity index (χ1v) is 9.99. The summed E-state index contributed by atoms with van der Waals surface area (Å²) in [5.74, 6) is 1.69. The van der Waals surface area contributed by atoms with E-state index in [0.29, 0.717) is 23.1 Å². The lowest BCUT2D eigenvalue weighted by Crippen LogP contribution is -2.03. The first-order chi connectivity index (χ1) is 14.2. The molecule has 1 N–H and O–H groups in total. The zero-order valence-corrected chi connectivity index (χ0v) is 16.8. The summed E-state index contributed by atoms with van der Waals surface area (Å²) in [6.07, 6.45) is 1.48. The maximum atomic E-state index is 12.3. The number of hydrogen-bond acceptors (Lipinski definition) is 7. The predicted molar refractivity (Wildman–Crippen MR) is 114 cm³/mol. The number of aryl methyl sites for hydroxylation is 1.